The lowest BCUT2D eigenvalue weighted by atomic mass is 10.1. The van der Waals surface area contributed by atoms with E-state index in [4.69, 9.17) is 14.2 Å². The van der Waals surface area contributed by atoms with Crippen molar-refractivity contribution in [1.82, 2.24) is 0 Å². The van der Waals surface area contributed by atoms with Crippen LogP contribution in [0.3, 0.4) is 0 Å². The van der Waals surface area contributed by atoms with Crippen LogP contribution >= 0.6 is 0 Å². The number of hydrogen-bond acceptors (Lipinski definition) is 6. The third kappa shape index (κ3) is 46.5. The molecular formula is C53H96O6. The molecule has 6 nitrogen and oxygen atoms in total. The van der Waals surface area contributed by atoms with Crippen molar-refractivity contribution in [3.63, 3.8) is 0 Å². The van der Waals surface area contributed by atoms with Crippen LogP contribution in [0.4, 0.5) is 0 Å². The van der Waals surface area contributed by atoms with Gasteiger partial charge in [-0.25, -0.2) is 0 Å². The van der Waals surface area contributed by atoms with Crippen LogP contribution in [-0.4, -0.2) is 37.2 Å². The second-order valence-electron chi connectivity index (χ2n) is 17.1. The summed E-state index contributed by atoms with van der Waals surface area (Å²) in [5.41, 5.74) is 0. The van der Waals surface area contributed by atoms with Gasteiger partial charge in [0.1, 0.15) is 13.2 Å². The van der Waals surface area contributed by atoms with E-state index in [2.05, 4.69) is 57.2 Å². The van der Waals surface area contributed by atoms with Gasteiger partial charge >= 0.3 is 17.9 Å². The third-order valence-electron chi connectivity index (χ3n) is 11.1. The van der Waals surface area contributed by atoms with Crippen LogP contribution in [0.2, 0.25) is 0 Å². The van der Waals surface area contributed by atoms with E-state index >= 15 is 0 Å². The van der Waals surface area contributed by atoms with E-state index in [1.54, 1.807) is 0 Å². The number of rotatable bonds is 46. The van der Waals surface area contributed by atoms with Crippen molar-refractivity contribution in [2.24, 2.45) is 0 Å². The van der Waals surface area contributed by atoms with E-state index in [9.17, 15) is 14.4 Å². The number of unbranched alkanes of at least 4 members (excludes halogenated alkanes) is 29. The van der Waals surface area contributed by atoms with Gasteiger partial charge in [-0.1, -0.05) is 192 Å². The van der Waals surface area contributed by atoms with Crippen molar-refractivity contribution >= 4 is 17.9 Å². The summed E-state index contributed by atoms with van der Waals surface area (Å²) in [6.07, 6.45) is 55.5. The monoisotopic (exact) mass is 829 g/mol. The maximum absolute atomic E-state index is 12.8. The lowest BCUT2D eigenvalue weighted by molar-refractivity contribution is -0.167. The number of carbonyl (C=O) groups excluding carboxylic acids is 3. The molecule has 0 saturated carbocycles. The highest BCUT2D eigenvalue weighted by Gasteiger charge is 2.19. The molecule has 0 saturated heterocycles. The Bertz CT molecular complexity index is 1000. The normalized spacial score (nSPS) is 12.3. The Morgan fingerprint density at radius 2 is 0.576 bits per heavy atom. The Hall–Kier alpha value is -2.37. The minimum atomic E-state index is -0.780. The van der Waals surface area contributed by atoms with Gasteiger partial charge in [-0.2, -0.15) is 0 Å². The van der Waals surface area contributed by atoms with Crippen LogP contribution in [-0.2, 0) is 28.6 Å². The Labute approximate surface area is 365 Å². The summed E-state index contributed by atoms with van der Waals surface area (Å²) in [6, 6.07) is 0. The average molecular weight is 829 g/mol. The van der Waals surface area contributed by atoms with Gasteiger partial charge < -0.3 is 14.2 Å². The van der Waals surface area contributed by atoms with Crippen molar-refractivity contribution in [3.8, 4) is 0 Å². The highest BCUT2D eigenvalue weighted by molar-refractivity contribution is 5.71. The van der Waals surface area contributed by atoms with E-state index < -0.39 is 6.10 Å². The number of hydrogen-bond donors (Lipinski definition) is 0. The van der Waals surface area contributed by atoms with Crippen molar-refractivity contribution < 1.29 is 28.6 Å². The Morgan fingerprint density at radius 3 is 0.898 bits per heavy atom. The largest absolute Gasteiger partial charge is 0.462 e. The molecule has 1 atom stereocenters. The fraction of sp³-hybridized carbons (Fsp3) is 0.830. The zero-order valence-electron chi connectivity index (χ0n) is 39.3. The van der Waals surface area contributed by atoms with Crippen LogP contribution in [0, 0.1) is 0 Å². The smallest absolute Gasteiger partial charge is 0.306 e. The molecule has 0 heterocycles. The fourth-order valence-corrected chi connectivity index (χ4v) is 7.18. The molecule has 0 aromatic rings. The maximum Gasteiger partial charge on any atom is 0.306 e. The van der Waals surface area contributed by atoms with Crippen LogP contribution in [0.1, 0.15) is 265 Å². The zero-order valence-corrected chi connectivity index (χ0v) is 39.3. The fourth-order valence-electron chi connectivity index (χ4n) is 7.18. The third-order valence-corrected chi connectivity index (χ3v) is 11.1. The van der Waals surface area contributed by atoms with E-state index in [0.29, 0.717) is 19.3 Å². The highest BCUT2D eigenvalue weighted by Crippen LogP contribution is 2.14. The van der Waals surface area contributed by atoms with E-state index in [-0.39, 0.29) is 31.1 Å². The van der Waals surface area contributed by atoms with Gasteiger partial charge in [0.2, 0.25) is 0 Å². The standard InChI is InChI=1S/C53H96O6/c1-4-7-10-13-16-19-22-24-26-28-31-34-37-40-43-46-52(55)58-49-50(48-57-51(54)45-42-39-36-33-30-21-18-15-12-9-6-3)59-53(56)47-44-41-38-35-32-29-27-25-23-20-17-14-11-8-5-2/h15,18,24-27,50H,4-14,16-17,19-23,28-49H2,1-3H3/b18-15-,26-24-,27-25-/t50-/m0/s1. The van der Waals surface area contributed by atoms with Gasteiger partial charge in [0.25, 0.3) is 0 Å². The maximum atomic E-state index is 12.8. The highest BCUT2D eigenvalue weighted by atomic mass is 16.6. The summed E-state index contributed by atoms with van der Waals surface area (Å²) >= 11 is 0. The molecule has 0 aromatic carbocycles. The summed E-state index contributed by atoms with van der Waals surface area (Å²) in [6.45, 7) is 6.58. The molecule has 0 rings (SSSR count). The molecule has 0 aromatic heterocycles. The summed E-state index contributed by atoms with van der Waals surface area (Å²) in [4.78, 5) is 37.9. The first-order chi connectivity index (χ1) is 29.0. The van der Waals surface area contributed by atoms with Gasteiger partial charge in [0.15, 0.2) is 6.10 Å². The molecule has 0 aliphatic carbocycles. The van der Waals surface area contributed by atoms with Crippen LogP contribution in [0.5, 0.6) is 0 Å². The quantitative estimate of drug-likeness (QED) is 0.0263. The predicted molar refractivity (Wildman–Crippen MR) is 252 cm³/mol. The Kier molecular flexibility index (Phi) is 46.4. The number of esters is 3. The lowest BCUT2D eigenvalue weighted by Gasteiger charge is -2.18. The Balaban J connectivity index is 4.38. The lowest BCUT2D eigenvalue weighted by Crippen LogP contribution is -2.30. The van der Waals surface area contributed by atoms with Crippen molar-refractivity contribution in [3.05, 3.63) is 36.5 Å². The Morgan fingerprint density at radius 1 is 0.322 bits per heavy atom. The van der Waals surface area contributed by atoms with Crippen molar-refractivity contribution in [2.45, 2.75) is 271 Å². The van der Waals surface area contributed by atoms with Gasteiger partial charge in [0.05, 0.1) is 0 Å². The van der Waals surface area contributed by atoms with Gasteiger partial charge in [-0.05, 0) is 89.9 Å². The molecule has 0 radical (unpaired) electrons. The van der Waals surface area contributed by atoms with E-state index in [0.717, 1.165) is 83.5 Å². The van der Waals surface area contributed by atoms with Gasteiger partial charge in [0, 0.05) is 19.3 Å². The summed E-state index contributed by atoms with van der Waals surface area (Å²) in [7, 11) is 0. The minimum Gasteiger partial charge on any atom is -0.462 e. The molecule has 0 aliphatic heterocycles. The molecule has 0 amide bonds. The van der Waals surface area contributed by atoms with Crippen LogP contribution in [0.25, 0.3) is 0 Å². The molecule has 6 heteroatoms. The molecular weight excluding hydrogens is 733 g/mol. The summed E-state index contributed by atoms with van der Waals surface area (Å²) in [5.74, 6) is -0.900. The van der Waals surface area contributed by atoms with Crippen LogP contribution in [0.15, 0.2) is 36.5 Å². The minimum absolute atomic E-state index is 0.0812. The second-order valence-corrected chi connectivity index (χ2v) is 17.1. The summed E-state index contributed by atoms with van der Waals surface area (Å²) < 4.78 is 16.8. The van der Waals surface area contributed by atoms with E-state index in [1.165, 1.54) is 141 Å². The SMILES string of the molecule is CCCC/C=C\CCCCCCCC(=O)OC[C@@H](COC(=O)CCCCCCC/C=C\CCCCCCCC)OC(=O)CCCCCCC/C=C\CCCCCCCC. The van der Waals surface area contributed by atoms with Crippen molar-refractivity contribution in [1.29, 1.82) is 0 Å². The molecule has 0 spiro atoms. The summed E-state index contributed by atoms with van der Waals surface area (Å²) in [5, 5.41) is 0. The van der Waals surface area contributed by atoms with E-state index in [1.807, 2.05) is 0 Å². The molecule has 0 fully saturated rings. The molecule has 0 unspecified atom stereocenters. The van der Waals surface area contributed by atoms with Gasteiger partial charge in [-0.3, -0.25) is 14.4 Å². The molecule has 0 aliphatic rings. The zero-order chi connectivity index (χ0) is 43.0. The second kappa shape index (κ2) is 48.3. The molecule has 344 valence electrons. The first-order valence-electron chi connectivity index (χ1n) is 25.5. The predicted octanol–water partition coefficient (Wildman–Crippen LogP) is 16.5. The molecule has 0 N–H and O–H groups in total. The van der Waals surface area contributed by atoms with Crippen LogP contribution < -0.4 is 0 Å². The molecule has 0 bridgehead atoms. The number of ether oxygens (including phenoxy) is 3. The average Bonchev–Trinajstić information content (AvgIpc) is 3.23. The van der Waals surface area contributed by atoms with Crippen molar-refractivity contribution in [2.75, 3.05) is 13.2 Å². The number of allylic oxidation sites excluding steroid dienone is 6. The number of carbonyl (C=O) groups is 3. The van der Waals surface area contributed by atoms with Gasteiger partial charge in [-0.15, -0.1) is 0 Å². The topological polar surface area (TPSA) is 78.9 Å². The first kappa shape index (κ1) is 56.6. The molecule has 59 heavy (non-hydrogen) atoms. The first-order valence-corrected chi connectivity index (χ1v) is 25.5.